The van der Waals surface area contributed by atoms with E-state index in [-0.39, 0.29) is 12.1 Å². The van der Waals surface area contributed by atoms with Gasteiger partial charge < -0.3 is 11.1 Å². The number of thioether (sulfide) groups is 1. The average molecular weight is 289 g/mol. The molecule has 0 amide bonds. The van der Waals surface area contributed by atoms with E-state index in [0.717, 1.165) is 34.7 Å². The molecule has 1 saturated carbocycles. The number of nitrogens with zero attached hydrogens (tertiary/aromatic N) is 1. The molecule has 4 heteroatoms. The fourth-order valence-electron chi connectivity index (χ4n) is 2.76. The van der Waals surface area contributed by atoms with Crippen molar-refractivity contribution >= 4 is 17.4 Å². The molecule has 20 heavy (non-hydrogen) atoms. The largest absolute Gasteiger partial charge is 0.380 e. The zero-order valence-electron chi connectivity index (χ0n) is 12.1. The highest BCUT2D eigenvalue weighted by molar-refractivity contribution is 7.99. The minimum absolute atomic E-state index is 0.187. The first kappa shape index (κ1) is 15.2. The van der Waals surface area contributed by atoms with Gasteiger partial charge in [-0.1, -0.05) is 32.3 Å². The van der Waals surface area contributed by atoms with Gasteiger partial charge >= 0.3 is 0 Å². The maximum absolute atomic E-state index is 9.44. The monoisotopic (exact) mass is 289 g/mol. The van der Waals surface area contributed by atoms with Crippen molar-refractivity contribution in [1.82, 2.24) is 0 Å². The van der Waals surface area contributed by atoms with E-state index < -0.39 is 0 Å². The number of rotatable bonds is 4. The molecule has 1 aromatic carbocycles. The van der Waals surface area contributed by atoms with Gasteiger partial charge in [-0.15, -0.1) is 11.8 Å². The Morgan fingerprint density at radius 3 is 2.90 bits per heavy atom. The lowest BCUT2D eigenvalue weighted by Gasteiger charge is -2.24. The van der Waals surface area contributed by atoms with Gasteiger partial charge in [0.05, 0.1) is 11.3 Å². The first-order chi connectivity index (χ1) is 9.76. The molecular formula is C16H23N3S. The van der Waals surface area contributed by atoms with Crippen molar-refractivity contribution in [2.24, 2.45) is 5.73 Å². The molecule has 3 nitrogen and oxygen atoms in total. The predicted octanol–water partition coefficient (Wildman–Crippen LogP) is 3.74. The summed E-state index contributed by atoms with van der Waals surface area (Å²) in [6.45, 7) is 2.10. The fourth-order valence-corrected chi connectivity index (χ4v) is 3.54. The Morgan fingerprint density at radius 1 is 1.35 bits per heavy atom. The van der Waals surface area contributed by atoms with Crippen molar-refractivity contribution < 1.29 is 0 Å². The van der Waals surface area contributed by atoms with Crippen LogP contribution in [0.3, 0.4) is 0 Å². The molecule has 0 bridgehead atoms. The smallest absolute Gasteiger partial charge is 0.102 e. The van der Waals surface area contributed by atoms with Crippen LogP contribution in [0.4, 0.5) is 5.69 Å². The molecule has 1 aromatic rings. The third-order valence-electron chi connectivity index (χ3n) is 3.85. The number of nitrogens with one attached hydrogen (secondary N) is 1. The Kier molecular flexibility index (Phi) is 5.75. The summed E-state index contributed by atoms with van der Waals surface area (Å²) in [5.74, 6) is 0.973. The van der Waals surface area contributed by atoms with Crippen molar-refractivity contribution in [3.63, 3.8) is 0 Å². The highest BCUT2D eigenvalue weighted by Gasteiger charge is 2.21. The number of hydrogen-bond acceptors (Lipinski definition) is 4. The van der Waals surface area contributed by atoms with Crippen LogP contribution in [0.15, 0.2) is 23.1 Å². The van der Waals surface area contributed by atoms with Crippen LogP contribution in [0.1, 0.15) is 44.6 Å². The summed E-state index contributed by atoms with van der Waals surface area (Å²) in [5.41, 5.74) is 7.96. The number of nitriles is 1. The van der Waals surface area contributed by atoms with Gasteiger partial charge in [-0.05, 0) is 30.7 Å². The number of hydrogen-bond donors (Lipinski definition) is 2. The minimum atomic E-state index is 0.187. The summed E-state index contributed by atoms with van der Waals surface area (Å²) < 4.78 is 0. The lowest BCUT2D eigenvalue weighted by Crippen LogP contribution is -2.39. The minimum Gasteiger partial charge on any atom is -0.380 e. The summed E-state index contributed by atoms with van der Waals surface area (Å²) in [5, 5.41) is 13.0. The van der Waals surface area contributed by atoms with Gasteiger partial charge in [-0.25, -0.2) is 0 Å². The van der Waals surface area contributed by atoms with Crippen molar-refractivity contribution in [1.29, 1.82) is 5.26 Å². The second kappa shape index (κ2) is 7.56. The maximum atomic E-state index is 9.44. The molecule has 0 aliphatic heterocycles. The second-order valence-corrected chi connectivity index (χ2v) is 6.58. The topological polar surface area (TPSA) is 61.8 Å². The van der Waals surface area contributed by atoms with Crippen LogP contribution in [0.25, 0.3) is 0 Å². The van der Waals surface area contributed by atoms with Crippen molar-refractivity contribution in [2.75, 3.05) is 11.1 Å². The SMILES string of the molecule is CCSc1cccc(NC2CCCCCC2N)c1C#N. The Morgan fingerprint density at radius 2 is 2.15 bits per heavy atom. The molecule has 108 valence electrons. The Labute approximate surface area is 125 Å². The normalized spacial score (nSPS) is 22.9. The first-order valence-corrected chi connectivity index (χ1v) is 8.42. The van der Waals surface area contributed by atoms with E-state index in [1.165, 1.54) is 19.3 Å². The molecule has 3 N–H and O–H groups in total. The van der Waals surface area contributed by atoms with Gasteiger partial charge in [0.1, 0.15) is 6.07 Å². The van der Waals surface area contributed by atoms with Gasteiger partial charge in [0.2, 0.25) is 0 Å². The standard InChI is InChI=1S/C16H23N3S/c1-2-20-16-10-6-9-14(12(16)11-17)19-15-8-5-3-4-7-13(15)18/h6,9-10,13,15,19H,2-5,7-8,18H2,1H3. The predicted molar refractivity (Wildman–Crippen MR) is 86.0 cm³/mol. The van der Waals surface area contributed by atoms with Crippen LogP contribution in [0.2, 0.25) is 0 Å². The highest BCUT2D eigenvalue weighted by atomic mass is 32.2. The Balaban J connectivity index is 2.19. The lowest BCUT2D eigenvalue weighted by molar-refractivity contribution is 0.528. The molecule has 0 heterocycles. The van der Waals surface area contributed by atoms with Crippen LogP contribution in [0, 0.1) is 11.3 Å². The van der Waals surface area contributed by atoms with Gasteiger partial charge in [0.15, 0.2) is 0 Å². The molecule has 1 aliphatic carbocycles. The van der Waals surface area contributed by atoms with Crippen molar-refractivity contribution in [2.45, 2.75) is 56.0 Å². The van der Waals surface area contributed by atoms with Gasteiger partial charge in [0.25, 0.3) is 0 Å². The molecule has 2 rings (SSSR count). The summed E-state index contributed by atoms with van der Waals surface area (Å²) in [6, 6.07) is 8.85. The number of anilines is 1. The maximum Gasteiger partial charge on any atom is 0.102 e. The van der Waals surface area contributed by atoms with Gasteiger partial charge in [0, 0.05) is 17.0 Å². The van der Waals surface area contributed by atoms with E-state index in [0.29, 0.717) is 0 Å². The van der Waals surface area contributed by atoms with Crippen molar-refractivity contribution in [3.8, 4) is 6.07 Å². The number of nitrogens with two attached hydrogens (primary N) is 1. The molecular weight excluding hydrogens is 266 g/mol. The quantitative estimate of drug-likeness (QED) is 0.654. The third kappa shape index (κ3) is 3.68. The van der Waals surface area contributed by atoms with E-state index in [9.17, 15) is 5.26 Å². The molecule has 0 spiro atoms. The second-order valence-electron chi connectivity index (χ2n) is 5.28. The highest BCUT2D eigenvalue weighted by Crippen LogP contribution is 2.29. The zero-order chi connectivity index (χ0) is 14.4. The van der Waals surface area contributed by atoms with Gasteiger partial charge in [-0.2, -0.15) is 5.26 Å². The molecule has 0 radical (unpaired) electrons. The molecule has 2 unspecified atom stereocenters. The number of benzene rings is 1. The van der Waals surface area contributed by atoms with Crippen LogP contribution in [0.5, 0.6) is 0 Å². The summed E-state index contributed by atoms with van der Waals surface area (Å²) in [7, 11) is 0. The van der Waals surface area contributed by atoms with Gasteiger partial charge in [-0.3, -0.25) is 0 Å². The summed E-state index contributed by atoms with van der Waals surface area (Å²) >= 11 is 1.71. The Hall–Kier alpha value is -1.18. The van der Waals surface area contributed by atoms with E-state index in [4.69, 9.17) is 5.73 Å². The molecule has 2 atom stereocenters. The zero-order valence-corrected chi connectivity index (χ0v) is 12.9. The molecule has 1 fully saturated rings. The van der Waals surface area contributed by atoms with Crippen LogP contribution < -0.4 is 11.1 Å². The molecule has 0 aromatic heterocycles. The van der Waals surface area contributed by atoms with E-state index in [2.05, 4.69) is 18.3 Å². The first-order valence-electron chi connectivity index (χ1n) is 7.44. The van der Waals surface area contributed by atoms with Crippen LogP contribution in [-0.2, 0) is 0 Å². The molecule has 1 aliphatic rings. The van der Waals surface area contributed by atoms with E-state index >= 15 is 0 Å². The third-order valence-corrected chi connectivity index (χ3v) is 4.79. The van der Waals surface area contributed by atoms with Crippen LogP contribution in [-0.4, -0.2) is 17.8 Å². The van der Waals surface area contributed by atoms with E-state index in [1.807, 2.05) is 18.2 Å². The molecule has 0 saturated heterocycles. The lowest BCUT2D eigenvalue weighted by atomic mass is 10.0. The van der Waals surface area contributed by atoms with Crippen LogP contribution >= 0.6 is 11.8 Å². The Bertz CT molecular complexity index is 481. The van der Waals surface area contributed by atoms with E-state index in [1.54, 1.807) is 11.8 Å². The average Bonchev–Trinajstić information content (AvgIpc) is 2.65. The van der Waals surface area contributed by atoms with Crippen molar-refractivity contribution in [3.05, 3.63) is 23.8 Å². The fraction of sp³-hybridized carbons (Fsp3) is 0.562. The summed E-state index contributed by atoms with van der Waals surface area (Å²) in [6.07, 6.45) is 5.87. The summed E-state index contributed by atoms with van der Waals surface area (Å²) in [4.78, 5) is 1.06.